The van der Waals surface area contributed by atoms with Crippen molar-refractivity contribution < 1.29 is 4.79 Å². The van der Waals surface area contributed by atoms with E-state index in [2.05, 4.69) is 20.7 Å². The fraction of sp³-hybridized carbons (Fsp3) is 0.125. The van der Waals surface area contributed by atoms with Crippen LogP contribution in [0.3, 0.4) is 0 Å². The lowest BCUT2D eigenvalue weighted by atomic mass is 10.1. The Kier molecular flexibility index (Phi) is 7.04. The first-order chi connectivity index (χ1) is 15.6. The number of carbonyl (C=O) groups excluding carboxylic acids is 1. The van der Waals surface area contributed by atoms with Crippen LogP contribution >= 0.6 is 23.2 Å². The van der Waals surface area contributed by atoms with E-state index >= 15 is 0 Å². The summed E-state index contributed by atoms with van der Waals surface area (Å²) >= 11 is 11.9. The van der Waals surface area contributed by atoms with E-state index in [0.29, 0.717) is 35.0 Å². The first-order valence-corrected chi connectivity index (χ1v) is 10.8. The van der Waals surface area contributed by atoms with E-state index in [-0.39, 0.29) is 12.3 Å². The summed E-state index contributed by atoms with van der Waals surface area (Å²) in [6.45, 7) is 0.982. The lowest BCUT2D eigenvalue weighted by Crippen LogP contribution is -2.18. The second-order valence-electron chi connectivity index (χ2n) is 7.19. The monoisotopic (exact) mass is 465 g/mol. The molecule has 0 atom stereocenters. The maximum Gasteiger partial charge on any atom is 0.254 e. The van der Waals surface area contributed by atoms with Crippen molar-refractivity contribution in [1.29, 1.82) is 0 Å². The average molecular weight is 466 g/mol. The fourth-order valence-electron chi connectivity index (χ4n) is 3.09. The minimum atomic E-state index is -0.179. The summed E-state index contributed by atoms with van der Waals surface area (Å²) in [4.78, 5) is 17.5. The highest BCUT2D eigenvalue weighted by atomic mass is 35.5. The number of benzene rings is 3. The predicted octanol–water partition coefficient (Wildman–Crippen LogP) is 5.69. The second-order valence-corrected chi connectivity index (χ2v) is 8.06. The van der Waals surface area contributed by atoms with Crippen LogP contribution in [-0.2, 0) is 19.5 Å². The van der Waals surface area contributed by atoms with E-state index in [1.54, 1.807) is 0 Å². The Balaban J connectivity index is 1.51. The molecule has 0 aliphatic rings. The molecular weight excluding hydrogens is 445 g/mol. The molecular formula is C24H21Cl2N5O. The highest BCUT2D eigenvalue weighted by Gasteiger charge is 2.17. The smallest absolute Gasteiger partial charge is 0.254 e. The van der Waals surface area contributed by atoms with Gasteiger partial charge in [-0.1, -0.05) is 77.8 Å². The van der Waals surface area contributed by atoms with Gasteiger partial charge in [0.05, 0.1) is 6.42 Å². The second kappa shape index (κ2) is 10.3. The van der Waals surface area contributed by atoms with Crippen LogP contribution in [0.5, 0.6) is 0 Å². The molecule has 6 nitrogen and oxygen atoms in total. The quantitative estimate of drug-likeness (QED) is 0.349. The first-order valence-electron chi connectivity index (χ1n) is 10.1. The zero-order valence-corrected chi connectivity index (χ0v) is 18.6. The van der Waals surface area contributed by atoms with Crippen molar-refractivity contribution in [3.63, 3.8) is 0 Å². The molecule has 32 heavy (non-hydrogen) atoms. The third kappa shape index (κ3) is 5.87. The van der Waals surface area contributed by atoms with E-state index in [1.807, 2.05) is 78.9 Å². The van der Waals surface area contributed by atoms with Crippen molar-refractivity contribution in [1.82, 2.24) is 14.8 Å². The molecule has 0 unspecified atom stereocenters. The van der Waals surface area contributed by atoms with Gasteiger partial charge in [0.15, 0.2) is 0 Å². The molecule has 0 radical (unpaired) electrons. The molecule has 8 heteroatoms. The summed E-state index contributed by atoms with van der Waals surface area (Å²) in [7, 11) is 0. The van der Waals surface area contributed by atoms with Gasteiger partial charge >= 0.3 is 0 Å². The molecule has 1 heterocycles. The van der Waals surface area contributed by atoms with Gasteiger partial charge in [0, 0.05) is 23.1 Å². The summed E-state index contributed by atoms with van der Waals surface area (Å²) in [5.41, 5.74) is 2.94. The number of hydrogen-bond acceptors (Lipinski definition) is 5. The summed E-state index contributed by atoms with van der Waals surface area (Å²) in [5.74, 6) is 0.557. The minimum absolute atomic E-state index is 0.179. The van der Waals surface area contributed by atoms with Gasteiger partial charge in [0.25, 0.3) is 5.91 Å². The van der Waals surface area contributed by atoms with Crippen molar-refractivity contribution in [2.75, 3.05) is 10.6 Å². The average Bonchev–Trinajstić information content (AvgIpc) is 3.22. The van der Waals surface area contributed by atoms with Crippen LogP contribution in [0.25, 0.3) is 0 Å². The molecule has 1 aromatic heterocycles. The van der Waals surface area contributed by atoms with Gasteiger partial charge in [0.1, 0.15) is 0 Å². The molecule has 2 N–H and O–H groups in total. The Morgan fingerprint density at radius 2 is 1.31 bits per heavy atom. The van der Waals surface area contributed by atoms with Crippen LogP contribution in [0.2, 0.25) is 10.0 Å². The highest BCUT2D eigenvalue weighted by molar-refractivity contribution is 6.30. The van der Waals surface area contributed by atoms with Crippen molar-refractivity contribution in [2.45, 2.75) is 19.5 Å². The maximum atomic E-state index is 13.0. The maximum absolute atomic E-state index is 13.0. The van der Waals surface area contributed by atoms with Gasteiger partial charge in [0.2, 0.25) is 11.9 Å². The van der Waals surface area contributed by atoms with Gasteiger partial charge < -0.3 is 10.6 Å². The number of nitrogens with one attached hydrogen (secondary N) is 2. The zero-order valence-electron chi connectivity index (χ0n) is 17.1. The van der Waals surface area contributed by atoms with Crippen molar-refractivity contribution in [2.24, 2.45) is 0 Å². The third-order valence-electron chi connectivity index (χ3n) is 4.77. The van der Waals surface area contributed by atoms with E-state index in [4.69, 9.17) is 23.2 Å². The third-order valence-corrected chi connectivity index (χ3v) is 5.27. The van der Waals surface area contributed by atoms with Gasteiger partial charge in [-0.2, -0.15) is 9.67 Å². The standard InChI is InChI=1S/C24H21Cl2N5O/c25-20-10-6-18(7-11-20)15-27-23-29-24(28-16-19-8-12-21(26)13-9-19)31(30-23)22(32)14-17-4-2-1-3-5-17/h1-13H,14-16H2,(H2,27,28,29,30). The molecule has 4 aromatic rings. The molecule has 0 amide bonds. The summed E-state index contributed by atoms with van der Waals surface area (Å²) in [6, 6.07) is 24.5. The van der Waals surface area contributed by atoms with Crippen LogP contribution in [-0.4, -0.2) is 20.7 Å². The summed E-state index contributed by atoms with van der Waals surface area (Å²) in [6.07, 6.45) is 0.219. The van der Waals surface area contributed by atoms with Gasteiger partial charge in [-0.15, -0.1) is 5.10 Å². The normalized spacial score (nSPS) is 10.7. The molecule has 0 fully saturated rings. The molecule has 0 saturated carbocycles. The first kappa shape index (κ1) is 21.9. The Morgan fingerprint density at radius 3 is 1.91 bits per heavy atom. The number of aromatic nitrogens is 3. The number of hydrogen-bond donors (Lipinski definition) is 2. The molecule has 0 spiro atoms. The van der Waals surface area contributed by atoms with Crippen molar-refractivity contribution in [3.8, 4) is 0 Å². The lowest BCUT2D eigenvalue weighted by Gasteiger charge is -2.07. The van der Waals surface area contributed by atoms with Gasteiger partial charge in [-0.05, 0) is 41.0 Å². The molecule has 162 valence electrons. The number of halogens is 2. The minimum Gasteiger partial charge on any atom is -0.350 e. The van der Waals surface area contributed by atoms with Gasteiger partial charge in [-0.25, -0.2) is 0 Å². The number of carbonyl (C=O) groups is 1. The number of rotatable bonds is 8. The lowest BCUT2D eigenvalue weighted by molar-refractivity contribution is 0.0901. The zero-order chi connectivity index (χ0) is 22.3. The Bertz CT molecular complexity index is 1180. The predicted molar refractivity (Wildman–Crippen MR) is 128 cm³/mol. The van der Waals surface area contributed by atoms with E-state index in [9.17, 15) is 4.79 Å². The number of anilines is 2. The van der Waals surface area contributed by atoms with Crippen LogP contribution in [0, 0.1) is 0 Å². The molecule has 0 bridgehead atoms. The van der Waals surface area contributed by atoms with E-state index < -0.39 is 0 Å². The van der Waals surface area contributed by atoms with E-state index in [0.717, 1.165) is 16.7 Å². The van der Waals surface area contributed by atoms with Crippen LogP contribution < -0.4 is 10.6 Å². The molecule has 0 saturated heterocycles. The summed E-state index contributed by atoms with van der Waals surface area (Å²) in [5, 5.41) is 12.1. The van der Waals surface area contributed by atoms with Crippen molar-refractivity contribution >= 4 is 41.0 Å². The largest absolute Gasteiger partial charge is 0.350 e. The van der Waals surface area contributed by atoms with Crippen LogP contribution in [0.4, 0.5) is 11.9 Å². The molecule has 4 rings (SSSR count). The van der Waals surface area contributed by atoms with Gasteiger partial charge in [-0.3, -0.25) is 4.79 Å². The Hall–Kier alpha value is -3.35. The molecule has 0 aliphatic heterocycles. The molecule has 3 aromatic carbocycles. The highest BCUT2D eigenvalue weighted by Crippen LogP contribution is 2.16. The fourth-order valence-corrected chi connectivity index (χ4v) is 3.34. The Morgan fingerprint density at radius 1 is 0.750 bits per heavy atom. The topological polar surface area (TPSA) is 71.8 Å². The van der Waals surface area contributed by atoms with E-state index in [1.165, 1.54) is 4.68 Å². The SMILES string of the molecule is O=C(Cc1ccccc1)n1nc(NCc2ccc(Cl)cc2)nc1NCc1ccc(Cl)cc1. The summed E-state index contributed by atoms with van der Waals surface area (Å²) < 4.78 is 1.31. The Labute approximate surface area is 196 Å². The van der Waals surface area contributed by atoms with Crippen molar-refractivity contribution in [3.05, 3.63) is 106 Å². The number of nitrogens with zero attached hydrogens (tertiary/aromatic N) is 3. The van der Waals surface area contributed by atoms with Crippen LogP contribution in [0.1, 0.15) is 21.5 Å². The molecule has 0 aliphatic carbocycles. The van der Waals surface area contributed by atoms with Crippen LogP contribution in [0.15, 0.2) is 78.9 Å².